The molecule has 0 radical (unpaired) electrons. The third-order valence-corrected chi connectivity index (χ3v) is 3.90. The van der Waals surface area contributed by atoms with E-state index in [0.717, 1.165) is 25.3 Å². The Kier molecular flexibility index (Phi) is 6.28. The molecule has 0 spiro atoms. The number of hydrogen-bond acceptors (Lipinski definition) is 3. The van der Waals surface area contributed by atoms with Gasteiger partial charge in [0.15, 0.2) is 0 Å². The molecular weight excluding hydrogens is 272 g/mol. The van der Waals surface area contributed by atoms with Crippen LogP contribution in [0.4, 0.5) is 5.69 Å². The maximum atomic E-state index is 5.18. The molecular formula is C19H26N2O. The number of para-hydroxylation sites is 1. The summed E-state index contributed by atoms with van der Waals surface area (Å²) in [6, 6.07) is 17.1. The first-order valence-electron chi connectivity index (χ1n) is 7.85. The number of hydrogen-bond donors (Lipinski definition) is 2. The molecule has 0 heterocycles. The second kappa shape index (κ2) is 8.44. The quantitative estimate of drug-likeness (QED) is 0.723. The van der Waals surface area contributed by atoms with Gasteiger partial charge in [-0.15, -0.1) is 0 Å². The zero-order valence-corrected chi connectivity index (χ0v) is 13.7. The molecule has 1 unspecified atom stereocenters. The lowest BCUT2D eigenvalue weighted by Crippen LogP contribution is -2.31. The summed E-state index contributed by atoms with van der Waals surface area (Å²) in [4.78, 5) is 0. The predicted molar refractivity (Wildman–Crippen MR) is 93.6 cm³/mol. The van der Waals surface area contributed by atoms with Gasteiger partial charge in [-0.1, -0.05) is 30.3 Å². The molecule has 2 rings (SSSR count). The summed E-state index contributed by atoms with van der Waals surface area (Å²) >= 11 is 0. The summed E-state index contributed by atoms with van der Waals surface area (Å²) in [5, 5.41) is 6.94. The maximum absolute atomic E-state index is 5.18. The standard InChI is InChI=1S/C19H26N2O/c1-15-6-4-5-7-19(15)21-14-20-16(2)8-9-17-10-12-18(22-3)13-11-17/h4-7,10-13,16,20-21H,8-9,14H2,1-3H3. The van der Waals surface area contributed by atoms with Crippen molar-refractivity contribution in [2.75, 3.05) is 19.1 Å². The Hall–Kier alpha value is -2.00. The van der Waals surface area contributed by atoms with Crippen LogP contribution in [0.5, 0.6) is 5.75 Å². The summed E-state index contributed by atoms with van der Waals surface area (Å²) < 4.78 is 5.18. The molecule has 2 N–H and O–H groups in total. The second-order valence-electron chi connectivity index (χ2n) is 5.66. The number of rotatable bonds is 8. The highest BCUT2D eigenvalue weighted by molar-refractivity contribution is 5.49. The SMILES string of the molecule is COc1ccc(CCC(C)NCNc2ccccc2C)cc1. The van der Waals surface area contributed by atoms with E-state index in [1.807, 2.05) is 12.1 Å². The van der Waals surface area contributed by atoms with E-state index in [0.29, 0.717) is 6.04 Å². The molecule has 0 aromatic heterocycles. The molecule has 0 amide bonds. The Balaban J connectivity index is 1.69. The summed E-state index contributed by atoms with van der Waals surface area (Å²) in [6.07, 6.45) is 2.18. The Labute approximate surface area is 133 Å². The number of anilines is 1. The fourth-order valence-corrected chi connectivity index (χ4v) is 2.37. The van der Waals surface area contributed by atoms with E-state index in [1.165, 1.54) is 16.8 Å². The van der Waals surface area contributed by atoms with Crippen LogP contribution in [0, 0.1) is 6.92 Å². The smallest absolute Gasteiger partial charge is 0.118 e. The van der Waals surface area contributed by atoms with Gasteiger partial charge in [0.05, 0.1) is 13.8 Å². The molecule has 118 valence electrons. The van der Waals surface area contributed by atoms with Crippen molar-refractivity contribution in [2.24, 2.45) is 0 Å². The van der Waals surface area contributed by atoms with Crippen molar-refractivity contribution in [3.63, 3.8) is 0 Å². The molecule has 0 aliphatic carbocycles. The van der Waals surface area contributed by atoms with Crippen LogP contribution in [0.15, 0.2) is 48.5 Å². The van der Waals surface area contributed by atoms with Crippen LogP contribution in [-0.2, 0) is 6.42 Å². The monoisotopic (exact) mass is 298 g/mol. The minimum absolute atomic E-state index is 0.471. The fourth-order valence-electron chi connectivity index (χ4n) is 2.37. The van der Waals surface area contributed by atoms with Crippen LogP contribution in [0.3, 0.4) is 0 Å². The normalized spacial score (nSPS) is 12.0. The van der Waals surface area contributed by atoms with Crippen LogP contribution >= 0.6 is 0 Å². The van der Waals surface area contributed by atoms with Crippen molar-refractivity contribution < 1.29 is 4.74 Å². The lowest BCUT2D eigenvalue weighted by Gasteiger charge is -2.16. The molecule has 0 aliphatic heterocycles. The molecule has 0 aliphatic rings. The molecule has 2 aromatic rings. The van der Waals surface area contributed by atoms with Gasteiger partial charge in [-0.3, -0.25) is 5.32 Å². The number of benzene rings is 2. The molecule has 1 atom stereocenters. The van der Waals surface area contributed by atoms with Crippen molar-refractivity contribution >= 4 is 5.69 Å². The van der Waals surface area contributed by atoms with E-state index in [1.54, 1.807) is 7.11 Å². The van der Waals surface area contributed by atoms with Gasteiger partial charge in [-0.2, -0.15) is 0 Å². The molecule has 0 bridgehead atoms. The van der Waals surface area contributed by atoms with Crippen LogP contribution in [0.2, 0.25) is 0 Å². The Bertz CT molecular complexity index is 566. The summed E-state index contributed by atoms with van der Waals surface area (Å²) in [7, 11) is 1.70. The van der Waals surface area contributed by atoms with Crippen molar-refractivity contribution in [3.8, 4) is 5.75 Å². The highest BCUT2D eigenvalue weighted by Gasteiger charge is 2.03. The van der Waals surface area contributed by atoms with E-state index < -0.39 is 0 Å². The second-order valence-corrected chi connectivity index (χ2v) is 5.66. The van der Waals surface area contributed by atoms with Gasteiger partial charge in [-0.05, 0) is 56.0 Å². The first-order chi connectivity index (χ1) is 10.7. The van der Waals surface area contributed by atoms with Crippen molar-refractivity contribution in [2.45, 2.75) is 32.7 Å². The Morgan fingerprint density at radius 3 is 2.45 bits per heavy atom. The van der Waals surface area contributed by atoms with Gasteiger partial charge in [0, 0.05) is 11.7 Å². The Morgan fingerprint density at radius 2 is 1.77 bits per heavy atom. The topological polar surface area (TPSA) is 33.3 Å². The number of aryl methyl sites for hydroxylation is 2. The molecule has 22 heavy (non-hydrogen) atoms. The minimum Gasteiger partial charge on any atom is -0.497 e. The molecule has 0 saturated carbocycles. The van der Waals surface area contributed by atoms with E-state index in [4.69, 9.17) is 4.74 Å². The van der Waals surface area contributed by atoms with E-state index in [9.17, 15) is 0 Å². The zero-order chi connectivity index (χ0) is 15.8. The average Bonchev–Trinajstić information content (AvgIpc) is 2.55. The molecule has 0 saturated heterocycles. The number of methoxy groups -OCH3 is 1. The minimum atomic E-state index is 0.471. The molecule has 2 aromatic carbocycles. The van der Waals surface area contributed by atoms with E-state index in [2.05, 4.69) is 60.9 Å². The average molecular weight is 298 g/mol. The number of nitrogens with one attached hydrogen (secondary N) is 2. The summed E-state index contributed by atoms with van der Waals surface area (Å²) in [6.45, 7) is 5.13. The third-order valence-electron chi connectivity index (χ3n) is 3.90. The summed E-state index contributed by atoms with van der Waals surface area (Å²) in [5.74, 6) is 0.914. The van der Waals surface area contributed by atoms with E-state index >= 15 is 0 Å². The van der Waals surface area contributed by atoms with Crippen molar-refractivity contribution in [3.05, 3.63) is 59.7 Å². The van der Waals surface area contributed by atoms with Gasteiger partial charge in [0.25, 0.3) is 0 Å². The van der Waals surface area contributed by atoms with Gasteiger partial charge < -0.3 is 10.1 Å². The fraction of sp³-hybridized carbons (Fsp3) is 0.368. The highest BCUT2D eigenvalue weighted by atomic mass is 16.5. The maximum Gasteiger partial charge on any atom is 0.118 e. The third kappa shape index (κ3) is 5.08. The van der Waals surface area contributed by atoms with Crippen molar-refractivity contribution in [1.82, 2.24) is 5.32 Å². The molecule has 3 nitrogen and oxygen atoms in total. The van der Waals surface area contributed by atoms with Crippen LogP contribution in [0.1, 0.15) is 24.5 Å². The predicted octanol–water partition coefficient (Wildman–Crippen LogP) is 3.98. The molecule has 0 fully saturated rings. The van der Waals surface area contributed by atoms with Crippen LogP contribution in [-0.4, -0.2) is 19.8 Å². The van der Waals surface area contributed by atoms with Gasteiger partial charge in [0.2, 0.25) is 0 Å². The highest BCUT2D eigenvalue weighted by Crippen LogP contribution is 2.14. The first-order valence-corrected chi connectivity index (χ1v) is 7.85. The van der Waals surface area contributed by atoms with Crippen molar-refractivity contribution in [1.29, 1.82) is 0 Å². The van der Waals surface area contributed by atoms with Gasteiger partial charge in [0.1, 0.15) is 5.75 Å². The first kappa shape index (κ1) is 16.4. The van der Waals surface area contributed by atoms with Gasteiger partial charge >= 0.3 is 0 Å². The lowest BCUT2D eigenvalue weighted by molar-refractivity contribution is 0.414. The lowest BCUT2D eigenvalue weighted by atomic mass is 10.1. The van der Waals surface area contributed by atoms with Gasteiger partial charge in [-0.25, -0.2) is 0 Å². The van der Waals surface area contributed by atoms with Crippen LogP contribution in [0.25, 0.3) is 0 Å². The summed E-state index contributed by atoms with van der Waals surface area (Å²) in [5.41, 5.74) is 3.81. The Morgan fingerprint density at radius 1 is 1.05 bits per heavy atom. The van der Waals surface area contributed by atoms with Crippen LogP contribution < -0.4 is 15.4 Å². The van der Waals surface area contributed by atoms with E-state index in [-0.39, 0.29) is 0 Å². The number of ether oxygens (including phenoxy) is 1. The zero-order valence-electron chi connectivity index (χ0n) is 13.7. The largest absolute Gasteiger partial charge is 0.497 e. The molecule has 3 heteroatoms.